The average molecular weight is 317 g/mol. The van der Waals surface area contributed by atoms with Gasteiger partial charge in [-0.3, -0.25) is 0 Å². The highest BCUT2D eigenvalue weighted by Gasteiger charge is 2.30. The lowest BCUT2D eigenvalue weighted by Crippen LogP contribution is -2.43. The Morgan fingerprint density at radius 3 is 2.05 bits per heavy atom. The normalized spacial score (nSPS) is 15.3. The summed E-state index contributed by atoms with van der Waals surface area (Å²) in [6.07, 6.45) is 2.02. The summed E-state index contributed by atoms with van der Waals surface area (Å²) >= 11 is 0. The molecule has 132 valence electrons. The molecule has 0 aromatic rings. The second-order valence-electron chi connectivity index (χ2n) is 7.97. The molecule has 1 amide bonds. The molecule has 0 bridgehead atoms. The van der Waals surface area contributed by atoms with Crippen LogP contribution in [0.5, 0.6) is 0 Å². The lowest BCUT2D eigenvalue weighted by Gasteiger charge is -2.33. The van der Waals surface area contributed by atoms with Gasteiger partial charge in [0.2, 0.25) is 0 Å². The Labute approximate surface area is 135 Å². The van der Waals surface area contributed by atoms with Gasteiger partial charge in [0, 0.05) is 18.6 Å². The van der Waals surface area contributed by atoms with E-state index in [-0.39, 0.29) is 17.6 Å². The van der Waals surface area contributed by atoms with E-state index in [0.717, 1.165) is 12.8 Å². The molecule has 0 fully saturated rings. The Hall–Kier alpha value is -0.810. The predicted octanol–water partition coefficient (Wildman–Crippen LogP) is 3.50. The largest absolute Gasteiger partial charge is 0.444 e. The monoisotopic (exact) mass is 317 g/mol. The van der Waals surface area contributed by atoms with Crippen LogP contribution in [0.3, 0.4) is 0 Å². The van der Waals surface area contributed by atoms with Crippen molar-refractivity contribution in [1.82, 2.24) is 5.32 Å². The Morgan fingerprint density at radius 1 is 1.05 bits per heavy atom. The highest BCUT2D eigenvalue weighted by molar-refractivity contribution is 5.67. The first-order chi connectivity index (χ1) is 9.93. The molecule has 0 rings (SSSR count). The SMILES string of the molecule is CCCC(CO)(CCOC(C)(C)C)CNC(=O)OC(C)(C)C. The molecular formula is C17H35NO4. The molecule has 22 heavy (non-hydrogen) atoms. The topological polar surface area (TPSA) is 67.8 Å². The Balaban J connectivity index is 4.58. The van der Waals surface area contributed by atoms with Crippen LogP contribution in [0.4, 0.5) is 4.79 Å². The smallest absolute Gasteiger partial charge is 0.407 e. The van der Waals surface area contributed by atoms with Crippen LogP contribution < -0.4 is 5.32 Å². The fourth-order valence-corrected chi connectivity index (χ4v) is 2.19. The molecule has 0 aliphatic carbocycles. The number of nitrogens with one attached hydrogen (secondary N) is 1. The summed E-state index contributed by atoms with van der Waals surface area (Å²) in [7, 11) is 0. The van der Waals surface area contributed by atoms with Crippen molar-refractivity contribution >= 4 is 6.09 Å². The number of ether oxygens (including phenoxy) is 2. The van der Waals surface area contributed by atoms with E-state index in [1.807, 2.05) is 41.5 Å². The molecule has 0 aromatic heterocycles. The molecule has 0 aliphatic rings. The Kier molecular flexibility index (Phi) is 8.40. The number of aliphatic hydroxyl groups excluding tert-OH is 1. The van der Waals surface area contributed by atoms with Gasteiger partial charge in [-0.05, 0) is 54.4 Å². The van der Waals surface area contributed by atoms with Crippen LogP contribution in [0.2, 0.25) is 0 Å². The van der Waals surface area contributed by atoms with Crippen molar-refractivity contribution in [3.8, 4) is 0 Å². The van der Waals surface area contributed by atoms with Gasteiger partial charge in [-0.2, -0.15) is 0 Å². The first kappa shape index (κ1) is 21.2. The summed E-state index contributed by atoms with van der Waals surface area (Å²) in [6.45, 7) is 14.5. The summed E-state index contributed by atoms with van der Waals surface area (Å²) < 4.78 is 11.0. The number of rotatable bonds is 8. The molecule has 0 aromatic carbocycles. The molecule has 1 unspecified atom stereocenters. The number of hydrogen-bond donors (Lipinski definition) is 2. The summed E-state index contributed by atoms with van der Waals surface area (Å²) in [4.78, 5) is 11.8. The number of alkyl carbamates (subject to hydrolysis) is 1. The molecule has 0 radical (unpaired) electrons. The van der Waals surface area contributed by atoms with Crippen LogP contribution >= 0.6 is 0 Å². The van der Waals surface area contributed by atoms with E-state index in [2.05, 4.69) is 12.2 Å². The zero-order chi connectivity index (χ0) is 17.4. The molecule has 1 atom stereocenters. The quantitative estimate of drug-likeness (QED) is 0.719. The van der Waals surface area contributed by atoms with Gasteiger partial charge < -0.3 is 19.9 Å². The van der Waals surface area contributed by atoms with Crippen molar-refractivity contribution < 1.29 is 19.4 Å². The van der Waals surface area contributed by atoms with Gasteiger partial charge in [-0.15, -0.1) is 0 Å². The van der Waals surface area contributed by atoms with Crippen molar-refractivity contribution in [3.05, 3.63) is 0 Å². The zero-order valence-corrected chi connectivity index (χ0v) is 15.4. The van der Waals surface area contributed by atoms with E-state index >= 15 is 0 Å². The average Bonchev–Trinajstić information content (AvgIpc) is 2.32. The number of carbonyl (C=O) groups excluding carboxylic acids is 1. The number of hydrogen-bond acceptors (Lipinski definition) is 4. The second-order valence-corrected chi connectivity index (χ2v) is 7.97. The van der Waals surface area contributed by atoms with Crippen molar-refractivity contribution in [1.29, 1.82) is 0 Å². The first-order valence-corrected chi connectivity index (χ1v) is 8.15. The predicted molar refractivity (Wildman–Crippen MR) is 89.0 cm³/mol. The van der Waals surface area contributed by atoms with E-state index in [4.69, 9.17) is 9.47 Å². The summed E-state index contributed by atoms with van der Waals surface area (Å²) in [6, 6.07) is 0. The third kappa shape index (κ3) is 10.0. The van der Waals surface area contributed by atoms with Crippen LogP contribution in [0.25, 0.3) is 0 Å². The minimum absolute atomic E-state index is 0.0180. The number of amides is 1. The van der Waals surface area contributed by atoms with Gasteiger partial charge in [-0.25, -0.2) is 4.79 Å². The van der Waals surface area contributed by atoms with Crippen molar-refractivity contribution in [3.63, 3.8) is 0 Å². The fraction of sp³-hybridized carbons (Fsp3) is 0.941. The van der Waals surface area contributed by atoms with Gasteiger partial charge in [0.15, 0.2) is 0 Å². The van der Waals surface area contributed by atoms with Crippen molar-refractivity contribution in [2.24, 2.45) is 5.41 Å². The summed E-state index contributed by atoms with van der Waals surface area (Å²) in [5, 5.41) is 12.6. The second kappa shape index (κ2) is 8.73. The maximum absolute atomic E-state index is 11.8. The lowest BCUT2D eigenvalue weighted by atomic mass is 9.81. The molecule has 0 saturated carbocycles. The fourth-order valence-electron chi connectivity index (χ4n) is 2.19. The minimum Gasteiger partial charge on any atom is -0.444 e. The van der Waals surface area contributed by atoms with Crippen LogP contribution in [0.15, 0.2) is 0 Å². The minimum atomic E-state index is -0.522. The molecule has 0 spiro atoms. The molecule has 5 heteroatoms. The van der Waals surface area contributed by atoms with Crippen molar-refractivity contribution in [2.75, 3.05) is 19.8 Å². The molecule has 2 N–H and O–H groups in total. The summed E-state index contributed by atoms with van der Waals surface area (Å²) in [5.41, 5.74) is -1.09. The van der Waals surface area contributed by atoms with Gasteiger partial charge in [-0.1, -0.05) is 13.3 Å². The van der Waals surface area contributed by atoms with Crippen LogP contribution in [0, 0.1) is 5.41 Å². The maximum atomic E-state index is 11.8. The zero-order valence-electron chi connectivity index (χ0n) is 15.4. The number of carbonyl (C=O) groups is 1. The molecule has 0 saturated heterocycles. The van der Waals surface area contributed by atoms with Gasteiger partial charge >= 0.3 is 6.09 Å². The maximum Gasteiger partial charge on any atom is 0.407 e. The lowest BCUT2D eigenvalue weighted by molar-refractivity contribution is -0.0291. The van der Waals surface area contributed by atoms with E-state index in [1.165, 1.54) is 0 Å². The van der Waals surface area contributed by atoms with Crippen LogP contribution in [0.1, 0.15) is 67.7 Å². The van der Waals surface area contributed by atoms with Gasteiger partial charge in [0.1, 0.15) is 5.60 Å². The van der Waals surface area contributed by atoms with Crippen molar-refractivity contribution in [2.45, 2.75) is 78.9 Å². The Bertz CT molecular complexity index is 331. The van der Waals surface area contributed by atoms with E-state index < -0.39 is 11.7 Å². The standard InChI is InChI=1S/C17H35NO4/c1-8-9-17(13-19,10-11-21-15(2,3)4)12-18-14(20)22-16(5,6)7/h19H,8-13H2,1-7H3,(H,18,20). The highest BCUT2D eigenvalue weighted by Crippen LogP contribution is 2.28. The Morgan fingerprint density at radius 2 is 1.64 bits per heavy atom. The third-order valence-corrected chi connectivity index (χ3v) is 3.29. The molecule has 0 heterocycles. The summed E-state index contributed by atoms with van der Waals surface area (Å²) in [5.74, 6) is 0. The van der Waals surface area contributed by atoms with E-state index in [1.54, 1.807) is 0 Å². The molecule has 0 aliphatic heterocycles. The third-order valence-electron chi connectivity index (χ3n) is 3.29. The first-order valence-electron chi connectivity index (χ1n) is 8.15. The van der Waals surface area contributed by atoms with Gasteiger partial charge in [0.25, 0.3) is 0 Å². The number of aliphatic hydroxyl groups is 1. The van der Waals surface area contributed by atoms with Crippen LogP contribution in [-0.4, -0.2) is 42.2 Å². The van der Waals surface area contributed by atoms with E-state index in [9.17, 15) is 9.90 Å². The van der Waals surface area contributed by atoms with Gasteiger partial charge in [0.05, 0.1) is 12.2 Å². The molecule has 5 nitrogen and oxygen atoms in total. The molecular weight excluding hydrogens is 282 g/mol. The highest BCUT2D eigenvalue weighted by atomic mass is 16.6. The van der Waals surface area contributed by atoms with E-state index in [0.29, 0.717) is 19.6 Å². The van der Waals surface area contributed by atoms with Crippen LogP contribution in [-0.2, 0) is 9.47 Å².